The van der Waals surface area contributed by atoms with Gasteiger partial charge in [-0.3, -0.25) is 9.80 Å². The Labute approximate surface area is 202 Å². The van der Waals surface area contributed by atoms with Crippen molar-refractivity contribution in [3.63, 3.8) is 0 Å². The number of rotatable bonds is 4. The number of pyridine rings is 1. The van der Waals surface area contributed by atoms with Crippen molar-refractivity contribution in [2.75, 3.05) is 18.0 Å². The van der Waals surface area contributed by atoms with E-state index < -0.39 is 5.54 Å². The minimum atomic E-state index is -0.559. The van der Waals surface area contributed by atoms with Crippen molar-refractivity contribution in [2.24, 2.45) is 4.99 Å². The Morgan fingerprint density at radius 1 is 1.12 bits per heavy atom. The Kier molecular flexibility index (Phi) is 6.47. The van der Waals surface area contributed by atoms with Crippen LogP contribution in [0.3, 0.4) is 0 Å². The number of nitrogens with zero attached hydrogens (tertiary/aromatic N) is 4. The van der Waals surface area contributed by atoms with Crippen LogP contribution in [0, 0.1) is 5.82 Å². The van der Waals surface area contributed by atoms with E-state index in [0.717, 1.165) is 61.3 Å². The number of amidine groups is 1. The fourth-order valence-corrected chi connectivity index (χ4v) is 5.65. The highest BCUT2D eigenvalue weighted by atomic mass is 79.9. The summed E-state index contributed by atoms with van der Waals surface area (Å²) >= 11 is 3.39. The Balaban J connectivity index is 1.39. The molecular weight excluding hydrogens is 485 g/mol. The molecule has 0 radical (unpaired) electrons. The molecule has 1 aromatic carbocycles. The van der Waals surface area contributed by atoms with E-state index in [1.807, 2.05) is 18.3 Å². The number of carbonyl (C=O) groups excluding carboxylic acids is 1. The number of urea groups is 1. The first-order valence-electron chi connectivity index (χ1n) is 11.8. The van der Waals surface area contributed by atoms with Gasteiger partial charge in [0.1, 0.15) is 21.8 Å². The van der Waals surface area contributed by atoms with Crippen LogP contribution in [-0.4, -0.2) is 46.4 Å². The highest BCUT2D eigenvalue weighted by Gasteiger charge is 2.52. The van der Waals surface area contributed by atoms with Gasteiger partial charge in [0.25, 0.3) is 0 Å². The van der Waals surface area contributed by atoms with Crippen molar-refractivity contribution in [3.05, 3.63) is 58.6 Å². The van der Waals surface area contributed by atoms with Gasteiger partial charge in [-0.25, -0.2) is 14.2 Å². The summed E-state index contributed by atoms with van der Waals surface area (Å²) in [6.45, 7) is 2.45. The molecule has 1 N–H and O–H groups in total. The quantitative estimate of drug-likeness (QED) is 0.565. The second-order valence-electron chi connectivity index (χ2n) is 9.33. The monoisotopic (exact) mass is 513 g/mol. The Morgan fingerprint density at radius 2 is 1.91 bits per heavy atom. The Morgan fingerprint density at radius 3 is 2.61 bits per heavy atom. The highest BCUT2D eigenvalue weighted by molar-refractivity contribution is 9.10. The summed E-state index contributed by atoms with van der Waals surface area (Å²) in [6.07, 6.45) is 9.27. The molecule has 2 aromatic rings. The fraction of sp³-hybridized carbons (Fsp3) is 0.480. The SMILES string of the molecule is O=C1N=C(NC2CCCCC2)C2(CCN(Cc3ccc(Br)nc3)CC2)N1c1cccc(F)c1. The molecule has 0 unspecified atom stereocenters. The van der Waals surface area contributed by atoms with Crippen LogP contribution < -0.4 is 10.2 Å². The van der Waals surface area contributed by atoms with E-state index in [1.165, 1.54) is 31.4 Å². The number of aliphatic imine (C=N–C) groups is 1. The van der Waals surface area contributed by atoms with Crippen molar-refractivity contribution in [1.82, 2.24) is 15.2 Å². The van der Waals surface area contributed by atoms with Gasteiger partial charge in [-0.05, 0) is 71.4 Å². The molecule has 2 fully saturated rings. The number of aromatic nitrogens is 1. The van der Waals surface area contributed by atoms with E-state index in [-0.39, 0.29) is 11.8 Å². The normalized spacial score (nSPS) is 21.5. The van der Waals surface area contributed by atoms with E-state index in [9.17, 15) is 9.18 Å². The molecule has 3 heterocycles. The number of carbonyl (C=O) groups is 1. The lowest BCUT2D eigenvalue weighted by Crippen LogP contribution is -2.62. The van der Waals surface area contributed by atoms with Crippen LogP contribution in [-0.2, 0) is 6.54 Å². The number of nitrogens with one attached hydrogen (secondary N) is 1. The van der Waals surface area contributed by atoms with E-state index in [1.54, 1.807) is 11.0 Å². The highest BCUT2D eigenvalue weighted by Crippen LogP contribution is 2.39. The molecule has 1 aromatic heterocycles. The predicted octanol–water partition coefficient (Wildman–Crippen LogP) is 5.28. The number of anilines is 1. The summed E-state index contributed by atoms with van der Waals surface area (Å²) in [5.41, 5.74) is 1.18. The molecular formula is C25H29BrFN5O. The van der Waals surface area contributed by atoms with E-state index in [2.05, 4.69) is 42.2 Å². The zero-order valence-corrected chi connectivity index (χ0v) is 20.2. The zero-order valence-electron chi connectivity index (χ0n) is 18.6. The topological polar surface area (TPSA) is 60.8 Å². The molecule has 1 aliphatic carbocycles. The van der Waals surface area contributed by atoms with Gasteiger partial charge in [0.05, 0.1) is 0 Å². The van der Waals surface area contributed by atoms with Crippen molar-refractivity contribution in [1.29, 1.82) is 0 Å². The molecule has 1 saturated carbocycles. The number of piperidine rings is 1. The summed E-state index contributed by atoms with van der Waals surface area (Å²) in [4.78, 5) is 26.1. The summed E-state index contributed by atoms with van der Waals surface area (Å²) in [6, 6.07) is 10.4. The lowest BCUT2D eigenvalue weighted by atomic mass is 9.83. The third-order valence-corrected chi connectivity index (χ3v) is 7.63. The first-order valence-corrected chi connectivity index (χ1v) is 12.6. The molecule has 6 nitrogen and oxygen atoms in total. The second-order valence-corrected chi connectivity index (χ2v) is 10.1. The van der Waals surface area contributed by atoms with E-state index in [0.29, 0.717) is 11.7 Å². The summed E-state index contributed by atoms with van der Waals surface area (Å²) in [5.74, 6) is 0.429. The maximum absolute atomic E-state index is 14.1. The molecule has 0 atom stereocenters. The van der Waals surface area contributed by atoms with Crippen LogP contribution in [0.1, 0.15) is 50.5 Å². The first-order chi connectivity index (χ1) is 16.0. The van der Waals surface area contributed by atoms with E-state index >= 15 is 0 Å². The molecule has 3 aliphatic rings. The Bertz CT molecular complexity index is 1030. The maximum Gasteiger partial charge on any atom is 0.350 e. The lowest BCUT2D eigenvalue weighted by Gasteiger charge is -2.45. The van der Waals surface area contributed by atoms with Crippen LogP contribution in [0.25, 0.3) is 0 Å². The molecule has 5 rings (SSSR count). The van der Waals surface area contributed by atoms with Crippen LogP contribution in [0.5, 0.6) is 0 Å². The largest absolute Gasteiger partial charge is 0.369 e. The zero-order chi connectivity index (χ0) is 22.8. The predicted molar refractivity (Wildman–Crippen MR) is 131 cm³/mol. The average Bonchev–Trinajstić information content (AvgIpc) is 3.08. The fourth-order valence-electron chi connectivity index (χ4n) is 5.42. The van der Waals surface area contributed by atoms with Crippen LogP contribution in [0.4, 0.5) is 14.9 Å². The van der Waals surface area contributed by atoms with Gasteiger partial charge >= 0.3 is 6.03 Å². The molecule has 2 aliphatic heterocycles. The third kappa shape index (κ3) is 4.68. The number of halogens is 2. The van der Waals surface area contributed by atoms with Crippen molar-refractivity contribution >= 4 is 33.5 Å². The van der Waals surface area contributed by atoms with Crippen LogP contribution in [0.15, 0.2) is 52.2 Å². The van der Waals surface area contributed by atoms with Crippen LogP contribution in [0.2, 0.25) is 0 Å². The second kappa shape index (κ2) is 9.50. The maximum atomic E-state index is 14.1. The van der Waals surface area contributed by atoms with Crippen molar-refractivity contribution < 1.29 is 9.18 Å². The van der Waals surface area contributed by atoms with Crippen molar-refractivity contribution in [2.45, 2.75) is 63.1 Å². The lowest BCUT2D eigenvalue weighted by molar-refractivity contribution is 0.181. The van der Waals surface area contributed by atoms with Gasteiger partial charge in [-0.2, -0.15) is 4.99 Å². The molecule has 1 saturated heterocycles. The average molecular weight is 514 g/mol. The molecule has 174 valence electrons. The summed E-state index contributed by atoms with van der Waals surface area (Å²) < 4.78 is 14.9. The smallest absolute Gasteiger partial charge is 0.350 e. The molecule has 8 heteroatoms. The van der Waals surface area contributed by atoms with Gasteiger partial charge in [-0.1, -0.05) is 31.4 Å². The van der Waals surface area contributed by atoms with Gasteiger partial charge in [-0.15, -0.1) is 0 Å². The summed E-state index contributed by atoms with van der Waals surface area (Å²) in [5, 5.41) is 3.65. The van der Waals surface area contributed by atoms with Crippen molar-refractivity contribution in [3.8, 4) is 0 Å². The number of amides is 2. The first kappa shape index (κ1) is 22.5. The molecule has 1 spiro atoms. The number of likely N-dealkylation sites (tertiary alicyclic amines) is 1. The molecule has 2 amide bonds. The number of hydrogen-bond donors (Lipinski definition) is 1. The van der Waals surface area contributed by atoms with Gasteiger partial charge in [0.2, 0.25) is 0 Å². The third-order valence-electron chi connectivity index (χ3n) is 7.16. The Hall–Kier alpha value is -2.32. The number of hydrogen-bond acceptors (Lipinski definition) is 4. The summed E-state index contributed by atoms with van der Waals surface area (Å²) in [7, 11) is 0. The van der Waals surface area contributed by atoms with Gasteiger partial charge in [0.15, 0.2) is 0 Å². The number of benzene rings is 1. The minimum absolute atomic E-state index is 0.301. The minimum Gasteiger partial charge on any atom is -0.369 e. The van der Waals surface area contributed by atoms with Gasteiger partial charge in [0, 0.05) is 37.6 Å². The van der Waals surface area contributed by atoms with Crippen LogP contribution >= 0.6 is 15.9 Å². The van der Waals surface area contributed by atoms with Gasteiger partial charge < -0.3 is 5.32 Å². The molecule has 33 heavy (non-hydrogen) atoms. The van der Waals surface area contributed by atoms with E-state index in [4.69, 9.17) is 0 Å². The standard InChI is InChI=1S/C25H29BrFN5O/c26-22-10-9-18(16-28-22)17-31-13-11-25(12-14-31)23(29-20-6-2-1-3-7-20)30-24(33)32(25)21-8-4-5-19(27)15-21/h4-5,8-10,15-16,20H,1-3,6-7,11-14,17H2,(H,29,30,33). The molecule has 0 bridgehead atoms.